The van der Waals surface area contributed by atoms with Crippen molar-refractivity contribution in [2.45, 2.75) is 13.0 Å². The smallest absolute Gasteiger partial charge is 0.0387 e. The molecule has 0 rings (SSSR count). The summed E-state index contributed by atoms with van der Waals surface area (Å²) in [6, 6.07) is 0.243. The highest BCUT2D eigenvalue weighted by atomic mass is 32.1. The molecule has 0 aliphatic rings. The lowest BCUT2D eigenvalue weighted by molar-refractivity contribution is 0.658. The predicted molar refractivity (Wildman–Crippen MR) is 35.5 cm³/mol. The van der Waals surface area contributed by atoms with Crippen LogP contribution in [0.5, 0.6) is 0 Å². The fraction of sp³-hybridized carbons (Fsp3) is 1.00. The van der Waals surface area contributed by atoms with E-state index in [0.717, 1.165) is 6.54 Å². The molecule has 7 heavy (non-hydrogen) atoms. The van der Waals surface area contributed by atoms with Gasteiger partial charge in [-0.1, -0.05) is 0 Å². The first kappa shape index (κ1) is 7.27. The first-order valence-electron chi connectivity index (χ1n) is 2.34. The molecule has 0 heterocycles. The molecule has 2 nitrogen and oxygen atoms in total. The van der Waals surface area contributed by atoms with E-state index >= 15 is 0 Å². The third-order valence-electron chi connectivity index (χ3n) is 0.578. The van der Waals surface area contributed by atoms with Crippen LogP contribution in [0.4, 0.5) is 0 Å². The van der Waals surface area contributed by atoms with Gasteiger partial charge in [-0.15, -0.1) is 0 Å². The molecule has 3 heteroatoms. The molecule has 0 spiro atoms. The topological polar surface area (TPSA) is 38.0 Å². The minimum Gasteiger partial charge on any atom is -0.327 e. The summed E-state index contributed by atoms with van der Waals surface area (Å²) in [7, 11) is 0. The average molecular weight is 120 g/mol. The standard InChI is InChI=1S/C4H12N2S/c1-4(5)2-6-3-7/h4,6-7H,2-3,5H2,1H3/t4-/m1/s1. The van der Waals surface area contributed by atoms with Crippen molar-refractivity contribution in [3.05, 3.63) is 0 Å². The Hall–Kier alpha value is 0.270. The Balaban J connectivity index is 2.68. The lowest BCUT2D eigenvalue weighted by Crippen LogP contribution is -2.30. The van der Waals surface area contributed by atoms with Gasteiger partial charge in [0, 0.05) is 18.5 Å². The zero-order valence-electron chi connectivity index (χ0n) is 4.52. The van der Waals surface area contributed by atoms with Gasteiger partial charge in [-0.25, -0.2) is 0 Å². The van der Waals surface area contributed by atoms with Gasteiger partial charge in [0.25, 0.3) is 0 Å². The Bertz CT molecular complexity index is 38.7. The maximum absolute atomic E-state index is 5.38. The molecule has 3 N–H and O–H groups in total. The molecule has 0 unspecified atom stereocenters. The van der Waals surface area contributed by atoms with Crippen molar-refractivity contribution in [3.8, 4) is 0 Å². The molecule has 0 aromatic rings. The van der Waals surface area contributed by atoms with E-state index < -0.39 is 0 Å². The molecular weight excluding hydrogens is 108 g/mol. The molecule has 0 aliphatic heterocycles. The van der Waals surface area contributed by atoms with Crippen molar-refractivity contribution in [1.29, 1.82) is 0 Å². The lowest BCUT2D eigenvalue weighted by atomic mass is 10.4. The summed E-state index contributed by atoms with van der Waals surface area (Å²) in [6.07, 6.45) is 0. The molecule has 1 atom stereocenters. The lowest BCUT2D eigenvalue weighted by Gasteiger charge is -2.02. The van der Waals surface area contributed by atoms with Crippen LogP contribution in [0.1, 0.15) is 6.92 Å². The Morgan fingerprint density at radius 3 is 2.57 bits per heavy atom. The summed E-state index contributed by atoms with van der Waals surface area (Å²) < 4.78 is 0. The van der Waals surface area contributed by atoms with E-state index in [1.807, 2.05) is 6.92 Å². The highest BCUT2D eigenvalue weighted by Gasteiger charge is 1.87. The summed E-state index contributed by atoms with van der Waals surface area (Å²) in [4.78, 5) is 0. The fourth-order valence-electron chi connectivity index (χ4n) is 0.292. The van der Waals surface area contributed by atoms with Crippen LogP contribution in [0.2, 0.25) is 0 Å². The molecule has 0 bridgehead atoms. The van der Waals surface area contributed by atoms with E-state index in [1.165, 1.54) is 0 Å². The Labute approximate surface area is 49.9 Å². The van der Waals surface area contributed by atoms with Crippen LogP contribution in [0, 0.1) is 0 Å². The first-order chi connectivity index (χ1) is 3.27. The monoisotopic (exact) mass is 120 g/mol. The number of nitrogens with two attached hydrogens (primary N) is 1. The van der Waals surface area contributed by atoms with Crippen molar-refractivity contribution < 1.29 is 0 Å². The van der Waals surface area contributed by atoms with Gasteiger partial charge in [-0.05, 0) is 6.92 Å². The fourth-order valence-corrected chi connectivity index (χ4v) is 0.421. The van der Waals surface area contributed by atoms with Crippen LogP contribution in [0.3, 0.4) is 0 Å². The molecule has 0 aromatic carbocycles. The zero-order chi connectivity index (χ0) is 5.70. The van der Waals surface area contributed by atoms with Crippen LogP contribution in [0.15, 0.2) is 0 Å². The van der Waals surface area contributed by atoms with E-state index in [9.17, 15) is 0 Å². The summed E-state index contributed by atoms with van der Waals surface area (Å²) >= 11 is 3.93. The second-order valence-corrected chi connectivity index (χ2v) is 1.91. The molecule has 0 amide bonds. The van der Waals surface area contributed by atoms with E-state index in [0.29, 0.717) is 5.88 Å². The van der Waals surface area contributed by atoms with Crippen molar-refractivity contribution in [2.24, 2.45) is 5.73 Å². The van der Waals surface area contributed by atoms with Crippen molar-refractivity contribution in [3.63, 3.8) is 0 Å². The van der Waals surface area contributed by atoms with E-state index in [-0.39, 0.29) is 6.04 Å². The van der Waals surface area contributed by atoms with E-state index in [4.69, 9.17) is 5.73 Å². The number of hydrogen-bond donors (Lipinski definition) is 3. The average Bonchev–Trinajstić information content (AvgIpc) is 1.61. The number of hydrogen-bond acceptors (Lipinski definition) is 3. The number of thiol groups is 1. The molecule has 0 aliphatic carbocycles. The molecule has 44 valence electrons. The van der Waals surface area contributed by atoms with Crippen molar-refractivity contribution >= 4 is 12.6 Å². The van der Waals surface area contributed by atoms with E-state index in [2.05, 4.69) is 17.9 Å². The second kappa shape index (κ2) is 4.43. The molecule has 0 saturated heterocycles. The number of nitrogens with one attached hydrogen (secondary N) is 1. The normalized spacial score (nSPS) is 14.1. The summed E-state index contributed by atoms with van der Waals surface area (Å²) in [5.41, 5.74) is 5.38. The molecular formula is C4H12N2S. The molecule has 0 radical (unpaired) electrons. The van der Waals surface area contributed by atoms with Crippen LogP contribution in [-0.2, 0) is 0 Å². The maximum Gasteiger partial charge on any atom is 0.0387 e. The predicted octanol–water partition coefficient (Wildman–Crippen LogP) is -0.189. The van der Waals surface area contributed by atoms with Crippen molar-refractivity contribution in [2.75, 3.05) is 12.4 Å². The number of rotatable bonds is 3. The minimum absolute atomic E-state index is 0.243. The first-order valence-corrected chi connectivity index (χ1v) is 2.97. The minimum atomic E-state index is 0.243. The second-order valence-electron chi connectivity index (χ2n) is 1.59. The van der Waals surface area contributed by atoms with Crippen LogP contribution in [-0.4, -0.2) is 18.5 Å². The summed E-state index contributed by atoms with van der Waals surface area (Å²) in [5, 5.41) is 2.99. The molecule has 0 aromatic heterocycles. The molecule has 0 saturated carbocycles. The Morgan fingerprint density at radius 1 is 1.86 bits per heavy atom. The third kappa shape index (κ3) is 6.27. The van der Waals surface area contributed by atoms with Gasteiger partial charge < -0.3 is 11.1 Å². The Kier molecular flexibility index (Phi) is 4.60. The maximum atomic E-state index is 5.38. The van der Waals surface area contributed by atoms with Gasteiger partial charge in [0.05, 0.1) is 0 Å². The summed E-state index contributed by atoms with van der Waals surface area (Å²) in [5.74, 6) is 0.710. The van der Waals surface area contributed by atoms with Crippen LogP contribution in [0.25, 0.3) is 0 Å². The van der Waals surface area contributed by atoms with Gasteiger partial charge in [0.1, 0.15) is 0 Å². The van der Waals surface area contributed by atoms with Crippen LogP contribution >= 0.6 is 12.6 Å². The molecule has 0 fully saturated rings. The van der Waals surface area contributed by atoms with Gasteiger partial charge in [0.2, 0.25) is 0 Å². The summed E-state index contributed by atoms with van der Waals surface area (Å²) in [6.45, 7) is 2.81. The Morgan fingerprint density at radius 2 is 2.43 bits per heavy atom. The largest absolute Gasteiger partial charge is 0.327 e. The van der Waals surface area contributed by atoms with Crippen molar-refractivity contribution in [1.82, 2.24) is 5.32 Å². The van der Waals surface area contributed by atoms with Crippen LogP contribution < -0.4 is 11.1 Å². The highest BCUT2D eigenvalue weighted by Crippen LogP contribution is 1.69. The van der Waals surface area contributed by atoms with Gasteiger partial charge in [-0.2, -0.15) is 12.6 Å². The van der Waals surface area contributed by atoms with E-state index in [1.54, 1.807) is 0 Å². The van der Waals surface area contributed by atoms with Gasteiger partial charge in [-0.3, -0.25) is 0 Å². The zero-order valence-corrected chi connectivity index (χ0v) is 5.41. The quantitative estimate of drug-likeness (QED) is 0.357. The highest BCUT2D eigenvalue weighted by molar-refractivity contribution is 7.80. The van der Waals surface area contributed by atoms with Gasteiger partial charge in [0.15, 0.2) is 0 Å². The SMILES string of the molecule is C[C@@H](N)CNCS. The third-order valence-corrected chi connectivity index (χ3v) is 0.802. The van der Waals surface area contributed by atoms with Gasteiger partial charge >= 0.3 is 0 Å².